The Kier molecular flexibility index (Phi) is 4.25. The van der Waals surface area contributed by atoms with Crippen molar-refractivity contribution < 1.29 is 8.78 Å². The van der Waals surface area contributed by atoms with Crippen LogP contribution in [0, 0.1) is 11.6 Å². The average Bonchev–Trinajstić information content (AvgIpc) is 2.33. The molecule has 1 atom stereocenters. The predicted octanol–water partition coefficient (Wildman–Crippen LogP) is 5.76. The minimum absolute atomic E-state index is 0.163. The number of hydrogen-bond acceptors (Lipinski definition) is 0. The van der Waals surface area contributed by atoms with Crippen molar-refractivity contribution >= 4 is 39.1 Å². The maximum atomic E-state index is 13.2. The van der Waals surface area contributed by atoms with Gasteiger partial charge < -0.3 is 0 Å². The summed E-state index contributed by atoms with van der Waals surface area (Å²) in [7, 11) is 0. The fourth-order valence-electron chi connectivity index (χ4n) is 1.58. The van der Waals surface area contributed by atoms with E-state index in [0.29, 0.717) is 10.6 Å². The number of halogens is 5. The maximum Gasteiger partial charge on any atom is 0.160 e. The van der Waals surface area contributed by atoms with Gasteiger partial charge in [-0.25, -0.2) is 8.78 Å². The molecule has 0 fully saturated rings. The minimum Gasteiger partial charge on any atom is -0.204 e. The Hall–Kier alpha value is -0.640. The molecule has 0 nitrogen and oxygen atoms in total. The zero-order chi connectivity index (χ0) is 13.3. The van der Waals surface area contributed by atoms with Crippen LogP contribution in [0.1, 0.15) is 16.0 Å². The summed E-state index contributed by atoms with van der Waals surface area (Å²) < 4.78 is 26.2. The standard InChI is InChI=1S/C13H7BrCl2F2/c14-13(7-2-1-3-8(15)4-7)9-5-11(17)12(18)6-10(9)16/h1-6,13H. The highest BCUT2D eigenvalue weighted by Gasteiger charge is 2.17. The Labute approximate surface area is 122 Å². The molecule has 0 heterocycles. The fourth-order valence-corrected chi connectivity index (χ4v) is 2.83. The lowest BCUT2D eigenvalue weighted by molar-refractivity contribution is 0.507. The molecule has 0 saturated carbocycles. The van der Waals surface area contributed by atoms with E-state index in [4.69, 9.17) is 23.2 Å². The van der Waals surface area contributed by atoms with Crippen molar-refractivity contribution in [2.24, 2.45) is 0 Å². The molecule has 1 unspecified atom stereocenters. The second-order valence-corrected chi connectivity index (χ2v) is 5.46. The monoisotopic (exact) mass is 350 g/mol. The maximum absolute atomic E-state index is 13.2. The second kappa shape index (κ2) is 5.55. The minimum atomic E-state index is -0.963. The van der Waals surface area contributed by atoms with Gasteiger partial charge in [0.1, 0.15) is 0 Å². The normalized spacial score (nSPS) is 12.5. The molecular formula is C13H7BrCl2F2. The lowest BCUT2D eigenvalue weighted by Crippen LogP contribution is -1.97. The van der Waals surface area contributed by atoms with Gasteiger partial charge in [-0.05, 0) is 35.4 Å². The molecule has 0 spiro atoms. The molecule has 5 heteroatoms. The lowest BCUT2D eigenvalue weighted by atomic mass is 10.0. The van der Waals surface area contributed by atoms with Gasteiger partial charge in [-0.3, -0.25) is 0 Å². The highest BCUT2D eigenvalue weighted by molar-refractivity contribution is 9.09. The highest BCUT2D eigenvalue weighted by Crippen LogP contribution is 2.36. The van der Waals surface area contributed by atoms with Gasteiger partial charge in [0.05, 0.1) is 4.83 Å². The van der Waals surface area contributed by atoms with Gasteiger partial charge >= 0.3 is 0 Å². The van der Waals surface area contributed by atoms with Crippen molar-refractivity contribution in [3.8, 4) is 0 Å². The van der Waals surface area contributed by atoms with Gasteiger partial charge in [-0.2, -0.15) is 0 Å². The first-order chi connectivity index (χ1) is 8.49. The molecule has 0 saturated heterocycles. The summed E-state index contributed by atoms with van der Waals surface area (Å²) >= 11 is 15.2. The second-order valence-electron chi connectivity index (χ2n) is 3.71. The third-order valence-electron chi connectivity index (χ3n) is 2.45. The molecule has 94 valence electrons. The average molecular weight is 352 g/mol. The van der Waals surface area contributed by atoms with Crippen LogP contribution in [0.3, 0.4) is 0 Å². The van der Waals surface area contributed by atoms with E-state index in [1.54, 1.807) is 18.2 Å². The third kappa shape index (κ3) is 2.85. The molecule has 0 aromatic heterocycles. The van der Waals surface area contributed by atoms with Crippen LogP contribution in [-0.2, 0) is 0 Å². The molecule has 18 heavy (non-hydrogen) atoms. The Morgan fingerprint density at radius 1 is 1.00 bits per heavy atom. The van der Waals surface area contributed by atoms with Crippen molar-refractivity contribution in [1.82, 2.24) is 0 Å². The zero-order valence-corrected chi connectivity index (χ0v) is 12.0. The Morgan fingerprint density at radius 2 is 1.67 bits per heavy atom. The SMILES string of the molecule is Fc1cc(Cl)c(C(Br)c2cccc(Cl)c2)cc1F. The number of benzene rings is 2. The van der Waals surface area contributed by atoms with Gasteiger partial charge in [-0.1, -0.05) is 51.3 Å². The fraction of sp³-hybridized carbons (Fsp3) is 0.0769. The molecular weight excluding hydrogens is 345 g/mol. The molecule has 2 aromatic carbocycles. The van der Waals surface area contributed by atoms with E-state index < -0.39 is 11.6 Å². The lowest BCUT2D eigenvalue weighted by Gasteiger charge is -2.13. The van der Waals surface area contributed by atoms with Crippen molar-refractivity contribution in [3.05, 3.63) is 69.2 Å². The Balaban J connectivity index is 2.46. The van der Waals surface area contributed by atoms with E-state index in [0.717, 1.165) is 17.7 Å². The quantitative estimate of drug-likeness (QED) is 0.477. The van der Waals surface area contributed by atoms with Crippen LogP contribution in [-0.4, -0.2) is 0 Å². The molecule has 0 aliphatic carbocycles. The van der Waals surface area contributed by atoms with Crippen LogP contribution in [0.2, 0.25) is 10.0 Å². The number of alkyl halides is 1. The van der Waals surface area contributed by atoms with Crippen molar-refractivity contribution in [2.75, 3.05) is 0 Å². The van der Waals surface area contributed by atoms with E-state index in [-0.39, 0.29) is 9.85 Å². The van der Waals surface area contributed by atoms with Crippen LogP contribution < -0.4 is 0 Å². The largest absolute Gasteiger partial charge is 0.204 e. The van der Waals surface area contributed by atoms with Crippen molar-refractivity contribution in [1.29, 1.82) is 0 Å². The van der Waals surface area contributed by atoms with E-state index in [1.807, 2.05) is 6.07 Å². The Bertz CT molecular complexity index is 587. The van der Waals surface area contributed by atoms with Gasteiger partial charge in [0.2, 0.25) is 0 Å². The molecule has 2 rings (SSSR count). The van der Waals surface area contributed by atoms with E-state index >= 15 is 0 Å². The summed E-state index contributed by atoms with van der Waals surface area (Å²) in [6.07, 6.45) is 0. The van der Waals surface area contributed by atoms with E-state index in [9.17, 15) is 8.78 Å². The molecule has 0 radical (unpaired) electrons. The molecule has 2 aromatic rings. The molecule has 0 bridgehead atoms. The molecule has 0 aliphatic rings. The van der Waals surface area contributed by atoms with Crippen LogP contribution in [0.5, 0.6) is 0 Å². The molecule has 0 amide bonds. The summed E-state index contributed by atoms with van der Waals surface area (Å²) in [6, 6.07) is 9.11. The van der Waals surface area contributed by atoms with Crippen molar-refractivity contribution in [2.45, 2.75) is 4.83 Å². The van der Waals surface area contributed by atoms with Crippen LogP contribution in [0.4, 0.5) is 8.78 Å². The smallest absolute Gasteiger partial charge is 0.160 e. The van der Waals surface area contributed by atoms with Crippen molar-refractivity contribution in [3.63, 3.8) is 0 Å². The van der Waals surface area contributed by atoms with Gasteiger partial charge in [0.15, 0.2) is 11.6 Å². The first-order valence-corrected chi connectivity index (χ1v) is 6.70. The summed E-state index contributed by atoms with van der Waals surface area (Å²) in [4.78, 5) is -0.348. The number of rotatable bonds is 2. The van der Waals surface area contributed by atoms with Gasteiger partial charge in [0, 0.05) is 10.0 Å². The summed E-state index contributed by atoms with van der Waals surface area (Å²) in [5.74, 6) is -1.89. The first kappa shape index (κ1) is 13.8. The highest BCUT2D eigenvalue weighted by atomic mass is 79.9. The first-order valence-electron chi connectivity index (χ1n) is 5.03. The van der Waals surface area contributed by atoms with E-state index in [2.05, 4.69) is 15.9 Å². The predicted molar refractivity (Wildman–Crippen MR) is 73.6 cm³/mol. The summed E-state index contributed by atoms with van der Waals surface area (Å²) in [5, 5.41) is 0.728. The zero-order valence-electron chi connectivity index (χ0n) is 8.93. The topological polar surface area (TPSA) is 0 Å². The number of hydrogen-bond donors (Lipinski definition) is 0. The van der Waals surface area contributed by atoms with Crippen LogP contribution in [0.15, 0.2) is 36.4 Å². The van der Waals surface area contributed by atoms with Crippen LogP contribution in [0.25, 0.3) is 0 Å². The van der Waals surface area contributed by atoms with E-state index in [1.165, 1.54) is 0 Å². The van der Waals surface area contributed by atoms with Crippen LogP contribution >= 0.6 is 39.1 Å². The summed E-state index contributed by atoms with van der Waals surface area (Å²) in [5.41, 5.74) is 1.27. The van der Waals surface area contributed by atoms with Gasteiger partial charge in [-0.15, -0.1) is 0 Å². The molecule has 0 N–H and O–H groups in total. The third-order valence-corrected chi connectivity index (χ3v) is 4.04. The van der Waals surface area contributed by atoms with Gasteiger partial charge in [0.25, 0.3) is 0 Å². The summed E-state index contributed by atoms with van der Waals surface area (Å²) in [6.45, 7) is 0. The Morgan fingerprint density at radius 3 is 2.33 bits per heavy atom. The molecule has 0 aliphatic heterocycles.